The Morgan fingerprint density at radius 1 is 1.47 bits per heavy atom. The zero-order valence-electron chi connectivity index (χ0n) is 10.1. The van der Waals surface area contributed by atoms with E-state index in [0.717, 1.165) is 28.6 Å². The molecule has 0 aromatic heterocycles. The molecule has 1 unspecified atom stereocenters. The first-order valence-electron chi connectivity index (χ1n) is 5.89. The van der Waals surface area contributed by atoms with Crippen LogP contribution < -0.4 is 10.6 Å². The predicted octanol–water partition coefficient (Wildman–Crippen LogP) is 2.84. The lowest BCUT2D eigenvalue weighted by atomic mass is 10.2. The summed E-state index contributed by atoms with van der Waals surface area (Å²) in [6.45, 7) is 3.92. The summed E-state index contributed by atoms with van der Waals surface area (Å²) in [7, 11) is 0. The van der Waals surface area contributed by atoms with Crippen LogP contribution in [0.1, 0.15) is 25.3 Å². The summed E-state index contributed by atoms with van der Waals surface area (Å²) in [5.41, 5.74) is 2.14. The van der Waals surface area contributed by atoms with Crippen LogP contribution in [0.15, 0.2) is 22.7 Å². The van der Waals surface area contributed by atoms with Crippen LogP contribution in [0.3, 0.4) is 0 Å². The van der Waals surface area contributed by atoms with Gasteiger partial charge in [-0.25, -0.2) is 0 Å². The van der Waals surface area contributed by atoms with E-state index in [1.54, 1.807) is 0 Å². The normalized spacial score (nSPS) is 16.4. The van der Waals surface area contributed by atoms with Crippen LogP contribution in [-0.2, 0) is 4.79 Å². The molecule has 2 rings (SSSR count). The molecule has 1 aliphatic rings. The predicted molar refractivity (Wildman–Crippen MR) is 73.1 cm³/mol. The van der Waals surface area contributed by atoms with Crippen molar-refractivity contribution in [2.24, 2.45) is 0 Å². The van der Waals surface area contributed by atoms with Gasteiger partial charge in [-0.2, -0.15) is 0 Å². The molecule has 2 N–H and O–H groups in total. The minimum absolute atomic E-state index is 0.0758. The molecule has 0 aliphatic heterocycles. The van der Waals surface area contributed by atoms with Gasteiger partial charge in [0, 0.05) is 16.2 Å². The van der Waals surface area contributed by atoms with E-state index in [0.29, 0.717) is 6.04 Å². The molecule has 1 fully saturated rings. The van der Waals surface area contributed by atoms with Crippen LogP contribution in [0.5, 0.6) is 0 Å². The fourth-order valence-electron chi connectivity index (χ4n) is 1.60. The molecule has 4 heteroatoms. The molecule has 3 nitrogen and oxygen atoms in total. The molecule has 1 aromatic rings. The highest BCUT2D eigenvalue weighted by molar-refractivity contribution is 9.10. The maximum atomic E-state index is 11.8. The average Bonchev–Trinajstić information content (AvgIpc) is 3.07. The van der Waals surface area contributed by atoms with Crippen molar-refractivity contribution in [1.82, 2.24) is 5.32 Å². The number of benzene rings is 1. The number of halogens is 1. The Morgan fingerprint density at radius 2 is 2.18 bits per heavy atom. The number of anilines is 1. The number of hydrogen-bond donors (Lipinski definition) is 2. The van der Waals surface area contributed by atoms with Crippen LogP contribution in [0.4, 0.5) is 5.69 Å². The minimum Gasteiger partial charge on any atom is -0.374 e. The van der Waals surface area contributed by atoms with E-state index < -0.39 is 0 Å². The highest BCUT2D eigenvalue weighted by Crippen LogP contribution is 2.22. The molecule has 0 saturated heterocycles. The Bertz CT molecular complexity index is 429. The number of amides is 1. The van der Waals surface area contributed by atoms with Gasteiger partial charge in [-0.05, 0) is 44.4 Å². The van der Waals surface area contributed by atoms with Gasteiger partial charge in [0.15, 0.2) is 0 Å². The maximum absolute atomic E-state index is 11.8. The lowest BCUT2D eigenvalue weighted by Crippen LogP contribution is -2.38. The molecule has 1 aromatic carbocycles. The first kappa shape index (κ1) is 12.4. The van der Waals surface area contributed by atoms with Gasteiger partial charge in [0.2, 0.25) is 5.91 Å². The van der Waals surface area contributed by atoms with E-state index in [1.807, 2.05) is 32.0 Å². The number of nitrogens with one attached hydrogen (secondary N) is 2. The minimum atomic E-state index is -0.205. The van der Waals surface area contributed by atoms with Crippen LogP contribution >= 0.6 is 15.9 Å². The van der Waals surface area contributed by atoms with E-state index in [1.165, 1.54) is 0 Å². The Hall–Kier alpha value is -1.03. The van der Waals surface area contributed by atoms with Gasteiger partial charge < -0.3 is 10.6 Å². The van der Waals surface area contributed by atoms with Crippen LogP contribution in [0.2, 0.25) is 0 Å². The van der Waals surface area contributed by atoms with Gasteiger partial charge in [-0.15, -0.1) is 0 Å². The summed E-state index contributed by atoms with van der Waals surface area (Å²) in [5.74, 6) is 0.0758. The molecule has 92 valence electrons. The Kier molecular flexibility index (Phi) is 3.72. The maximum Gasteiger partial charge on any atom is 0.242 e. The smallest absolute Gasteiger partial charge is 0.242 e. The topological polar surface area (TPSA) is 41.1 Å². The SMILES string of the molecule is Cc1ccc(Br)cc1NC(C)C(=O)NC1CC1. The lowest BCUT2D eigenvalue weighted by molar-refractivity contribution is -0.121. The zero-order valence-corrected chi connectivity index (χ0v) is 11.7. The number of carbonyl (C=O) groups is 1. The third-order valence-corrected chi connectivity index (χ3v) is 3.38. The largest absolute Gasteiger partial charge is 0.374 e. The quantitative estimate of drug-likeness (QED) is 0.897. The van der Waals surface area contributed by atoms with Crippen molar-refractivity contribution in [1.29, 1.82) is 0 Å². The average molecular weight is 297 g/mol. The summed E-state index contributed by atoms with van der Waals surface area (Å²) in [5, 5.41) is 6.24. The molecule has 0 bridgehead atoms. The third kappa shape index (κ3) is 3.46. The van der Waals surface area contributed by atoms with E-state index >= 15 is 0 Å². The third-order valence-electron chi connectivity index (χ3n) is 2.89. The van der Waals surface area contributed by atoms with E-state index in [2.05, 4.69) is 26.6 Å². The van der Waals surface area contributed by atoms with Gasteiger partial charge >= 0.3 is 0 Å². The van der Waals surface area contributed by atoms with Gasteiger partial charge in [0.25, 0.3) is 0 Å². The molecule has 1 saturated carbocycles. The summed E-state index contributed by atoms with van der Waals surface area (Å²) in [6, 6.07) is 6.22. The molecular formula is C13H17BrN2O. The number of hydrogen-bond acceptors (Lipinski definition) is 2. The van der Waals surface area contributed by atoms with E-state index in [9.17, 15) is 4.79 Å². The van der Waals surface area contributed by atoms with E-state index in [4.69, 9.17) is 0 Å². The lowest BCUT2D eigenvalue weighted by Gasteiger charge is -2.17. The monoisotopic (exact) mass is 296 g/mol. The first-order chi connectivity index (χ1) is 8.06. The van der Waals surface area contributed by atoms with Crippen molar-refractivity contribution in [3.8, 4) is 0 Å². The number of carbonyl (C=O) groups excluding carboxylic acids is 1. The molecular weight excluding hydrogens is 280 g/mol. The number of aryl methyl sites for hydroxylation is 1. The van der Waals surface area contributed by atoms with E-state index in [-0.39, 0.29) is 11.9 Å². The van der Waals surface area contributed by atoms with Crippen LogP contribution in [-0.4, -0.2) is 18.0 Å². The summed E-state index contributed by atoms with van der Waals surface area (Å²) in [4.78, 5) is 11.8. The second kappa shape index (κ2) is 5.08. The fourth-order valence-corrected chi connectivity index (χ4v) is 1.96. The van der Waals surface area contributed by atoms with Gasteiger partial charge in [-0.3, -0.25) is 4.79 Å². The molecule has 1 amide bonds. The van der Waals surface area contributed by atoms with Crippen molar-refractivity contribution in [3.63, 3.8) is 0 Å². The highest BCUT2D eigenvalue weighted by atomic mass is 79.9. The summed E-state index contributed by atoms with van der Waals surface area (Å²) >= 11 is 3.43. The van der Waals surface area contributed by atoms with Crippen molar-refractivity contribution >= 4 is 27.5 Å². The molecule has 1 atom stereocenters. The molecule has 0 heterocycles. The Balaban J connectivity index is 1.98. The first-order valence-corrected chi connectivity index (χ1v) is 6.68. The Labute approximate surface area is 110 Å². The zero-order chi connectivity index (χ0) is 12.4. The molecule has 0 radical (unpaired) electrons. The Morgan fingerprint density at radius 3 is 2.82 bits per heavy atom. The van der Waals surface area contributed by atoms with Gasteiger partial charge in [-0.1, -0.05) is 22.0 Å². The second-order valence-corrected chi connectivity index (χ2v) is 5.52. The van der Waals surface area contributed by atoms with Crippen molar-refractivity contribution in [2.45, 2.75) is 38.8 Å². The highest BCUT2D eigenvalue weighted by Gasteiger charge is 2.25. The van der Waals surface area contributed by atoms with Crippen molar-refractivity contribution < 1.29 is 4.79 Å². The van der Waals surface area contributed by atoms with Gasteiger partial charge in [0.05, 0.1) is 0 Å². The van der Waals surface area contributed by atoms with Crippen molar-refractivity contribution in [2.75, 3.05) is 5.32 Å². The molecule has 0 spiro atoms. The molecule has 1 aliphatic carbocycles. The standard InChI is InChI=1S/C13H17BrN2O/c1-8-3-4-10(14)7-12(8)15-9(2)13(17)16-11-5-6-11/h3-4,7,9,11,15H,5-6H2,1-2H3,(H,16,17). The number of rotatable bonds is 4. The van der Waals surface area contributed by atoms with Crippen LogP contribution in [0.25, 0.3) is 0 Å². The fraction of sp³-hybridized carbons (Fsp3) is 0.462. The summed E-state index contributed by atoms with van der Waals surface area (Å²) < 4.78 is 1.01. The molecule has 17 heavy (non-hydrogen) atoms. The summed E-state index contributed by atoms with van der Waals surface area (Å²) in [6.07, 6.45) is 2.24. The van der Waals surface area contributed by atoms with Gasteiger partial charge in [0.1, 0.15) is 6.04 Å². The van der Waals surface area contributed by atoms with Crippen LogP contribution in [0, 0.1) is 6.92 Å². The van der Waals surface area contributed by atoms with Crippen molar-refractivity contribution in [3.05, 3.63) is 28.2 Å². The second-order valence-electron chi connectivity index (χ2n) is 4.61.